The van der Waals surface area contributed by atoms with Crippen LogP contribution in [0.15, 0.2) is 36.4 Å². The van der Waals surface area contributed by atoms with Gasteiger partial charge in [0.1, 0.15) is 5.75 Å². The van der Waals surface area contributed by atoms with Gasteiger partial charge in [-0.25, -0.2) is 0 Å². The molecule has 1 aliphatic heterocycles. The highest BCUT2D eigenvalue weighted by Crippen LogP contribution is 2.35. The zero-order valence-electron chi connectivity index (χ0n) is 16.5. The van der Waals surface area contributed by atoms with Crippen LogP contribution >= 0.6 is 0 Å². The van der Waals surface area contributed by atoms with E-state index in [1.165, 1.54) is 22.5 Å². The summed E-state index contributed by atoms with van der Waals surface area (Å²) in [5.41, 5.74) is 6.17. The number of ether oxygens (including phenoxy) is 1. The lowest BCUT2D eigenvalue weighted by molar-refractivity contribution is 0.312. The summed E-state index contributed by atoms with van der Waals surface area (Å²) in [6.07, 6.45) is 2.02. The first kappa shape index (κ1) is 18.6. The van der Waals surface area contributed by atoms with Crippen LogP contribution in [0.1, 0.15) is 25.0 Å². The van der Waals surface area contributed by atoms with Crippen LogP contribution in [0.3, 0.4) is 0 Å². The Morgan fingerprint density at radius 3 is 2.19 bits per heavy atom. The van der Waals surface area contributed by atoms with E-state index in [9.17, 15) is 0 Å². The number of anilines is 3. The van der Waals surface area contributed by atoms with Gasteiger partial charge in [-0.15, -0.1) is 0 Å². The third kappa shape index (κ3) is 3.96. The Bertz CT molecular complexity index is 714. The number of piperazine rings is 1. The van der Waals surface area contributed by atoms with Crippen LogP contribution in [0.2, 0.25) is 0 Å². The minimum absolute atomic E-state index is 0.898. The van der Waals surface area contributed by atoms with Crippen LogP contribution in [0.25, 0.3) is 0 Å². The van der Waals surface area contributed by atoms with E-state index < -0.39 is 0 Å². The number of para-hydroxylation sites is 1. The molecule has 2 aromatic rings. The Labute approximate surface area is 157 Å². The first-order valence-electron chi connectivity index (χ1n) is 9.65. The van der Waals surface area contributed by atoms with Crippen molar-refractivity contribution < 1.29 is 4.74 Å². The molecule has 0 spiro atoms. The van der Waals surface area contributed by atoms with E-state index in [0.29, 0.717) is 0 Å². The lowest BCUT2D eigenvalue weighted by Gasteiger charge is -2.34. The molecule has 1 aliphatic rings. The second-order valence-corrected chi connectivity index (χ2v) is 6.96. The van der Waals surface area contributed by atoms with Gasteiger partial charge >= 0.3 is 0 Å². The Balaban J connectivity index is 1.87. The summed E-state index contributed by atoms with van der Waals surface area (Å²) in [4.78, 5) is 4.81. The predicted molar refractivity (Wildman–Crippen MR) is 111 cm³/mol. The first-order chi connectivity index (χ1) is 12.7. The molecule has 3 rings (SSSR count). The summed E-state index contributed by atoms with van der Waals surface area (Å²) in [5, 5.41) is 3.65. The third-order valence-corrected chi connectivity index (χ3v) is 5.31. The highest BCUT2D eigenvalue weighted by molar-refractivity contribution is 5.74. The summed E-state index contributed by atoms with van der Waals surface area (Å²) in [6, 6.07) is 13.1. The molecule has 1 fully saturated rings. The SMILES string of the molecule is CCc1cccc(CC)c1Nc1ccc(N2CCN(C)CC2)cc1OC. The van der Waals surface area contributed by atoms with Crippen molar-refractivity contribution >= 4 is 17.1 Å². The lowest BCUT2D eigenvalue weighted by atomic mass is 10.0. The van der Waals surface area contributed by atoms with Crippen molar-refractivity contribution in [1.29, 1.82) is 0 Å². The van der Waals surface area contributed by atoms with E-state index in [1.54, 1.807) is 7.11 Å². The maximum absolute atomic E-state index is 5.72. The molecule has 4 heteroatoms. The van der Waals surface area contributed by atoms with Gasteiger partial charge in [0.2, 0.25) is 0 Å². The van der Waals surface area contributed by atoms with E-state index in [-0.39, 0.29) is 0 Å². The minimum Gasteiger partial charge on any atom is -0.494 e. The number of nitrogens with zero attached hydrogens (tertiary/aromatic N) is 2. The quantitative estimate of drug-likeness (QED) is 0.837. The first-order valence-corrected chi connectivity index (χ1v) is 9.65. The fourth-order valence-corrected chi connectivity index (χ4v) is 3.58. The normalized spacial score (nSPS) is 15.2. The molecule has 2 aromatic carbocycles. The van der Waals surface area contributed by atoms with Crippen molar-refractivity contribution in [2.45, 2.75) is 26.7 Å². The Hall–Kier alpha value is -2.20. The second-order valence-electron chi connectivity index (χ2n) is 6.96. The highest BCUT2D eigenvalue weighted by atomic mass is 16.5. The molecule has 0 bridgehead atoms. The average molecular weight is 354 g/mol. The number of rotatable bonds is 6. The highest BCUT2D eigenvalue weighted by Gasteiger charge is 2.16. The Morgan fingerprint density at radius 2 is 1.62 bits per heavy atom. The fourth-order valence-electron chi connectivity index (χ4n) is 3.58. The second kappa shape index (κ2) is 8.45. The number of methoxy groups -OCH3 is 1. The molecule has 1 N–H and O–H groups in total. The van der Waals surface area contributed by atoms with Crippen LogP contribution in [-0.2, 0) is 12.8 Å². The largest absolute Gasteiger partial charge is 0.494 e. The fraction of sp³-hybridized carbons (Fsp3) is 0.455. The van der Waals surface area contributed by atoms with Gasteiger partial charge in [-0.05, 0) is 43.1 Å². The number of nitrogens with one attached hydrogen (secondary N) is 1. The topological polar surface area (TPSA) is 27.7 Å². The number of hydrogen-bond donors (Lipinski definition) is 1. The van der Waals surface area contributed by atoms with Crippen LogP contribution in [0, 0.1) is 0 Å². The van der Waals surface area contributed by atoms with Crippen LogP contribution < -0.4 is 15.0 Å². The number of hydrogen-bond acceptors (Lipinski definition) is 4. The van der Waals surface area contributed by atoms with Crippen molar-refractivity contribution in [3.8, 4) is 5.75 Å². The molecule has 0 aliphatic carbocycles. The third-order valence-electron chi connectivity index (χ3n) is 5.31. The van der Waals surface area contributed by atoms with Crippen LogP contribution in [0.4, 0.5) is 17.1 Å². The van der Waals surface area contributed by atoms with E-state index >= 15 is 0 Å². The van der Waals surface area contributed by atoms with E-state index in [1.807, 2.05) is 0 Å². The summed E-state index contributed by atoms with van der Waals surface area (Å²) in [7, 11) is 3.93. The minimum atomic E-state index is 0.898. The van der Waals surface area contributed by atoms with Gasteiger partial charge in [-0.1, -0.05) is 32.0 Å². The van der Waals surface area contributed by atoms with Crippen LogP contribution in [0.5, 0.6) is 5.75 Å². The molecule has 4 nitrogen and oxygen atoms in total. The zero-order chi connectivity index (χ0) is 18.5. The molecule has 0 unspecified atom stereocenters. The monoisotopic (exact) mass is 353 g/mol. The molecule has 1 saturated heterocycles. The van der Waals surface area contributed by atoms with Gasteiger partial charge in [-0.2, -0.15) is 0 Å². The van der Waals surface area contributed by atoms with Crippen molar-refractivity contribution in [3.63, 3.8) is 0 Å². The molecule has 1 heterocycles. The molecule has 0 amide bonds. The molecule has 26 heavy (non-hydrogen) atoms. The summed E-state index contributed by atoms with van der Waals surface area (Å²) >= 11 is 0. The molecule has 140 valence electrons. The predicted octanol–water partition coefficient (Wildman–Crippen LogP) is 4.32. The number of benzene rings is 2. The maximum atomic E-state index is 5.72. The number of aryl methyl sites for hydroxylation is 2. The molecule has 0 radical (unpaired) electrons. The average Bonchev–Trinajstić information content (AvgIpc) is 2.69. The Morgan fingerprint density at radius 1 is 0.962 bits per heavy atom. The van der Waals surface area contributed by atoms with E-state index in [4.69, 9.17) is 4.74 Å². The molecule has 0 atom stereocenters. The van der Waals surface area contributed by atoms with Gasteiger partial charge in [0.15, 0.2) is 0 Å². The van der Waals surface area contributed by atoms with E-state index in [0.717, 1.165) is 50.5 Å². The summed E-state index contributed by atoms with van der Waals surface area (Å²) in [6.45, 7) is 8.73. The van der Waals surface area contributed by atoms with Crippen molar-refractivity contribution in [3.05, 3.63) is 47.5 Å². The van der Waals surface area contributed by atoms with Gasteiger partial charge in [0.05, 0.1) is 12.8 Å². The smallest absolute Gasteiger partial charge is 0.144 e. The van der Waals surface area contributed by atoms with Crippen molar-refractivity contribution in [1.82, 2.24) is 4.90 Å². The molecule has 0 saturated carbocycles. The van der Waals surface area contributed by atoms with Gasteiger partial charge in [-0.3, -0.25) is 0 Å². The molecular weight excluding hydrogens is 322 g/mol. The zero-order valence-corrected chi connectivity index (χ0v) is 16.5. The summed E-state index contributed by atoms with van der Waals surface area (Å²) in [5.74, 6) is 0.898. The van der Waals surface area contributed by atoms with Crippen molar-refractivity contribution in [2.24, 2.45) is 0 Å². The van der Waals surface area contributed by atoms with Crippen molar-refractivity contribution in [2.75, 3.05) is 50.6 Å². The Kier molecular flexibility index (Phi) is 6.04. The van der Waals surface area contributed by atoms with E-state index in [2.05, 4.69) is 72.4 Å². The maximum Gasteiger partial charge on any atom is 0.144 e. The van der Waals surface area contributed by atoms with Gasteiger partial charge in [0, 0.05) is 43.6 Å². The summed E-state index contributed by atoms with van der Waals surface area (Å²) < 4.78 is 5.72. The number of likely N-dealkylation sites (N-methyl/N-ethyl adjacent to an activating group) is 1. The standard InChI is InChI=1S/C22H31N3O/c1-5-17-8-7-9-18(6-2)22(17)23-20-11-10-19(16-21(20)26-4)25-14-12-24(3)13-15-25/h7-11,16,23H,5-6,12-15H2,1-4H3. The van der Waals surface area contributed by atoms with Crippen LogP contribution in [-0.4, -0.2) is 45.2 Å². The van der Waals surface area contributed by atoms with Gasteiger partial charge in [0.25, 0.3) is 0 Å². The lowest BCUT2D eigenvalue weighted by Crippen LogP contribution is -2.44. The molecular formula is C22H31N3O. The van der Waals surface area contributed by atoms with Gasteiger partial charge < -0.3 is 19.9 Å². The molecule has 0 aromatic heterocycles.